The average Bonchev–Trinajstić information content (AvgIpc) is 2.31. The maximum Gasteiger partial charge on any atom is 0.417 e. The van der Waals surface area contributed by atoms with Gasteiger partial charge in [0.1, 0.15) is 5.82 Å². The summed E-state index contributed by atoms with van der Waals surface area (Å²) in [6.07, 6.45) is -3.45. The molecule has 1 aromatic heterocycles. The van der Waals surface area contributed by atoms with Gasteiger partial charge in [-0.1, -0.05) is 18.5 Å². The van der Waals surface area contributed by atoms with Gasteiger partial charge in [0.2, 0.25) is 0 Å². The molecule has 0 aliphatic carbocycles. The third-order valence-corrected chi connectivity index (χ3v) is 3.65. The number of β-amino-alcohol motifs (C(OH)–C–C–N with tert-alkyl or cyclic N) is 1. The summed E-state index contributed by atoms with van der Waals surface area (Å²) in [6, 6.07) is 0.869. The number of hydrogen-bond acceptors (Lipinski definition) is 3. The molecule has 3 nitrogen and oxygen atoms in total. The van der Waals surface area contributed by atoms with Crippen molar-refractivity contribution in [1.29, 1.82) is 0 Å². The first-order valence-electron chi connectivity index (χ1n) is 5.95. The summed E-state index contributed by atoms with van der Waals surface area (Å²) in [7, 11) is 0. The van der Waals surface area contributed by atoms with Crippen LogP contribution in [-0.2, 0) is 6.18 Å². The molecule has 0 radical (unpaired) electrons. The van der Waals surface area contributed by atoms with Gasteiger partial charge in [0.15, 0.2) is 0 Å². The van der Waals surface area contributed by atoms with E-state index in [4.69, 9.17) is 11.6 Å². The summed E-state index contributed by atoms with van der Waals surface area (Å²) < 4.78 is 37.5. The quantitative estimate of drug-likeness (QED) is 0.865. The summed E-state index contributed by atoms with van der Waals surface area (Å²) in [5, 5.41) is 9.75. The highest BCUT2D eigenvalue weighted by Crippen LogP contribution is 2.34. The van der Waals surface area contributed by atoms with Crippen LogP contribution in [0.25, 0.3) is 0 Å². The van der Waals surface area contributed by atoms with Crippen molar-refractivity contribution in [1.82, 2.24) is 4.98 Å². The lowest BCUT2D eigenvalue weighted by atomic mass is 9.96. The van der Waals surface area contributed by atoms with E-state index >= 15 is 0 Å². The zero-order valence-electron chi connectivity index (χ0n) is 10.3. The van der Waals surface area contributed by atoms with Gasteiger partial charge in [-0.25, -0.2) is 4.98 Å². The van der Waals surface area contributed by atoms with Crippen LogP contribution < -0.4 is 4.90 Å². The van der Waals surface area contributed by atoms with Crippen LogP contribution in [0.2, 0.25) is 5.02 Å². The van der Waals surface area contributed by atoms with Crippen molar-refractivity contribution in [3.63, 3.8) is 0 Å². The fourth-order valence-corrected chi connectivity index (χ4v) is 2.35. The Morgan fingerprint density at radius 2 is 2.16 bits per heavy atom. The van der Waals surface area contributed by atoms with Gasteiger partial charge in [-0.2, -0.15) is 13.2 Å². The van der Waals surface area contributed by atoms with E-state index < -0.39 is 17.8 Å². The predicted molar refractivity (Wildman–Crippen MR) is 66.2 cm³/mol. The van der Waals surface area contributed by atoms with Gasteiger partial charge < -0.3 is 10.0 Å². The molecule has 7 heteroatoms. The summed E-state index contributed by atoms with van der Waals surface area (Å²) in [6.45, 7) is 2.89. The minimum absolute atomic E-state index is 0.0448. The maximum absolute atomic E-state index is 12.5. The van der Waals surface area contributed by atoms with E-state index in [2.05, 4.69) is 4.98 Å². The Bertz CT molecular complexity index is 467. The number of aliphatic hydroxyl groups is 1. The van der Waals surface area contributed by atoms with Crippen molar-refractivity contribution in [2.45, 2.75) is 25.6 Å². The zero-order chi connectivity index (χ0) is 14.2. The van der Waals surface area contributed by atoms with Gasteiger partial charge in [-0.05, 0) is 18.4 Å². The SMILES string of the molecule is CC1CCN(c2ncc(C(F)(F)F)cc2Cl)CC1O. The maximum atomic E-state index is 12.5. The van der Waals surface area contributed by atoms with Gasteiger partial charge in [0, 0.05) is 19.3 Å². The van der Waals surface area contributed by atoms with E-state index in [1.807, 2.05) is 6.92 Å². The minimum Gasteiger partial charge on any atom is -0.391 e. The Morgan fingerprint density at radius 1 is 1.47 bits per heavy atom. The molecule has 1 fully saturated rings. The van der Waals surface area contributed by atoms with Crippen LogP contribution >= 0.6 is 11.6 Å². The van der Waals surface area contributed by atoms with Crippen LogP contribution in [0.4, 0.5) is 19.0 Å². The van der Waals surface area contributed by atoms with Crippen LogP contribution in [0.5, 0.6) is 0 Å². The molecule has 19 heavy (non-hydrogen) atoms. The Kier molecular flexibility index (Phi) is 3.92. The number of aromatic nitrogens is 1. The lowest BCUT2D eigenvalue weighted by molar-refractivity contribution is -0.137. The second kappa shape index (κ2) is 5.17. The standard InChI is InChI=1S/C12H14ClF3N2O/c1-7-2-3-18(6-10(7)19)11-9(13)4-8(5-17-11)12(14,15)16/h4-5,7,10,19H,2-3,6H2,1H3. The monoisotopic (exact) mass is 294 g/mol. The summed E-state index contributed by atoms with van der Waals surface area (Å²) in [4.78, 5) is 5.51. The third-order valence-electron chi connectivity index (χ3n) is 3.37. The molecule has 1 saturated heterocycles. The Balaban J connectivity index is 2.22. The molecule has 1 aliphatic rings. The molecule has 106 valence electrons. The molecule has 2 atom stereocenters. The first-order chi connectivity index (χ1) is 8.79. The average molecular weight is 295 g/mol. The number of pyridine rings is 1. The number of halogens is 4. The number of aliphatic hydroxyl groups excluding tert-OH is 1. The fraction of sp³-hybridized carbons (Fsp3) is 0.583. The minimum atomic E-state index is -4.45. The lowest BCUT2D eigenvalue weighted by Gasteiger charge is -2.35. The van der Waals surface area contributed by atoms with Crippen molar-refractivity contribution < 1.29 is 18.3 Å². The second-order valence-electron chi connectivity index (χ2n) is 4.81. The van der Waals surface area contributed by atoms with E-state index in [1.165, 1.54) is 0 Å². The van der Waals surface area contributed by atoms with Gasteiger partial charge in [-0.3, -0.25) is 0 Å². The van der Waals surface area contributed by atoms with Crippen LogP contribution in [0.1, 0.15) is 18.9 Å². The van der Waals surface area contributed by atoms with E-state index in [9.17, 15) is 18.3 Å². The molecule has 2 unspecified atom stereocenters. The van der Waals surface area contributed by atoms with Crippen LogP contribution in [0, 0.1) is 5.92 Å². The Labute approximate surface area is 114 Å². The molecule has 0 aromatic carbocycles. The van der Waals surface area contributed by atoms with Crippen molar-refractivity contribution in [3.8, 4) is 0 Å². The van der Waals surface area contributed by atoms with E-state index in [0.717, 1.165) is 18.7 Å². The molecular weight excluding hydrogens is 281 g/mol. The number of hydrogen-bond donors (Lipinski definition) is 1. The normalized spacial score (nSPS) is 24.6. The molecular formula is C12H14ClF3N2O. The fourth-order valence-electron chi connectivity index (χ4n) is 2.06. The molecule has 1 aliphatic heterocycles. The Hall–Kier alpha value is -1.01. The molecule has 0 bridgehead atoms. The highest BCUT2D eigenvalue weighted by molar-refractivity contribution is 6.33. The van der Waals surface area contributed by atoms with Gasteiger partial charge in [-0.15, -0.1) is 0 Å². The van der Waals surface area contributed by atoms with Crippen LogP contribution in [0.3, 0.4) is 0 Å². The molecule has 2 rings (SSSR count). The summed E-state index contributed by atoms with van der Waals surface area (Å²) >= 11 is 5.87. The predicted octanol–water partition coefficient (Wildman–Crippen LogP) is 2.96. The number of anilines is 1. The van der Waals surface area contributed by atoms with Crippen molar-refractivity contribution in [3.05, 3.63) is 22.8 Å². The highest BCUT2D eigenvalue weighted by atomic mass is 35.5. The molecule has 0 amide bonds. The molecule has 0 saturated carbocycles. The molecule has 1 aromatic rings. The number of rotatable bonds is 1. The van der Waals surface area contributed by atoms with Gasteiger partial charge in [0.25, 0.3) is 0 Å². The van der Waals surface area contributed by atoms with Crippen LogP contribution in [-0.4, -0.2) is 29.3 Å². The Morgan fingerprint density at radius 3 is 2.68 bits per heavy atom. The summed E-state index contributed by atoms with van der Waals surface area (Å²) in [5.74, 6) is 0.463. The van der Waals surface area contributed by atoms with Crippen molar-refractivity contribution >= 4 is 17.4 Å². The number of alkyl halides is 3. The van der Waals surface area contributed by atoms with Crippen molar-refractivity contribution in [2.75, 3.05) is 18.0 Å². The van der Waals surface area contributed by atoms with E-state index in [1.54, 1.807) is 4.90 Å². The topological polar surface area (TPSA) is 36.4 Å². The largest absolute Gasteiger partial charge is 0.417 e. The number of nitrogens with zero attached hydrogens (tertiary/aromatic N) is 2. The molecule has 2 heterocycles. The second-order valence-corrected chi connectivity index (χ2v) is 5.21. The van der Waals surface area contributed by atoms with E-state index in [0.29, 0.717) is 18.9 Å². The molecule has 0 spiro atoms. The number of piperidine rings is 1. The zero-order valence-corrected chi connectivity index (χ0v) is 11.0. The van der Waals surface area contributed by atoms with Crippen LogP contribution in [0.15, 0.2) is 12.3 Å². The third kappa shape index (κ3) is 3.12. The first kappa shape index (κ1) is 14.4. The highest BCUT2D eigenvalue weighted by Gasteiger charge is 2.33. The first-order valence-corrected chi connectivity index (χ1v) is 6.32. The summed E-state index contributed by atoms with van der Waals surface area (Å²) in [5.41, 5.74) is -0.868. The molecule has 1 N–H and O–H groups in total. The van der Waals surface area contributed by atoms with Gasteiger partial charge >= 0.3 is 6.18 Å². The van der Waals surface area contributed by atoms with E-state index in [-0.39, 0.29) is 10.9 Å². The lowest BCUT2D eigenvalue weighted by Crippen LogP contribution is -2.43. The smallest absolute Gasteiger partial charge is 0.391 e. The van der Waals surface area contributed by atoms with Crippen molar-refractivity contribution in [2.24, 2.45) is 5.92 Å². The van der Waals surface area contributed by atoms with Gasteiger partial charge in [0.05, 0.1) is 16.7 Å².